The van der Waals surface area contributed by atoms with E-state index in [1.165, 1.54) is 24.9 Å². The van der Waals surface area contributed by atoms with E-state index >= 15 is 0 Å². The van der Waals surface area contributed by atoms with Gasteiger partial charge in [0.15, 0.2) is 0 Å². The summed E-state index contributed by atoms with van der Waals surface area (Å²) in [5.41, 5.74) is 2.32. The van der Waals surface area contributed by atoms with E-state index in [1.807, 2.05) is 13.0 Å². The number of anilines is 1. The van der Waals surface area contributed by atoms with Crippen LogP contribution in [0.3, 0.4) is 0 Å². The van der Waals surface area contributed by atoms with Crippen molar-refractivity contribution in [1.29, 1.82) is 0 Å². The minimum absolute atomic E-state index is 0.333. The fraction of sp³-hybridized carbons (Fsp3) is 0.600. The normalized spacial score (nSPS) is 22.5. The first-order valence-electron chi connectivity index (χ1n) is 6.77. The minimum atomic E-state index is -0.333. The van der Waals surface area contributed by atoms with Gasteiger partial charge in [0, 0.05) is 23.8 Å². The molecule has 0 amide bonds. The molecule has 0 saturated carbocycles. The highest BCUT2D eigenvalue weighted by Crippen LogP contribution is 2.32. The van der Waals surface area contributed by atoms with Crippen LogP contribution in [0.15, 0.2) is 24.3 Å². The van der Waals surface area contributed by atoms with Gasteiger partial charge in [0.1, 0.15) is 0 Å². The standard InChI is InChI=1S/C15H23NO/c1-3-15(17)13-9-4-5-10-14(13)16-11-7-6-8-12(16)2/h4-5,9-10,12,15,17H,3,6-8,11H2,1-2H3/t12?,15-/m1/s1. The zero-order valence-corrected chi connectivity index (χ0v) is 10.9. The number of benzene rings is 1. The summed E-state index contributed by atoms with van der Waals surface area (Å²) in [5, 5.41) is 10.1. The molecule has 2 rings (SSSR count). The van der Waals surface area contributed by atoms with Gasteiger partial charge in [-0.1, -0.05) is 25.1 Å². The zero-order chi connectivity index (χ0) is 12.3. The molecule has 17 heavy (non-hydrogen) atoms. The van der Waals surface area contributed by atoms with Crippen LogP contribution in [0, 0.1) is 0 Å². The first-order chi connectivity index (χ1) is 8.24. The molecule has 1 unspecified atom stereocenters. The third-order valence-electron chi connectivity index (χ3n) is 3.79. The highest BCUT2D eigenvalue weighted by atomic mass is 16.3. The monoisotopic (exact) mass is 233 g/mol. The molecule has 2 atom stereocenters. The summed E-state index contributed by atoms with van der Waals surface area (Å²) < 4.78 is 0. The van der Waals surface area contributed by atoms with Crippen molar-refractivity contribution in [2.75, 3.05) is 11.4 Å². The van der Waals surface area contributed by atoms with Crippen LogP contribution in [0.4, 0.5) is 5.69 Å². The van der Waals surface area contributed by atoms with E-state index in [9.17, 15) is 5.11 Å². The van der Waals surface area contributed by atoms with E-state index in [1.54, 1.807) is 0 Å². The minimum Gasteiger partial charge on any atom is -0.388 e. The maximum absolute atomic E-state index is 10.1. The molecule has 0 aliphatic carbocycles. The molecular formula is C15H23NO. The Bertz CT molecular complexity index is 364. The Balaban J connectivity index is 2.30. The third kappa shape index (κ3) is 2.63. The smallest absolute Gasteiger partial charge is 0.0807 e. The van der Waals surface area contributed by atoms with E-state index < -0.39 is 0 Å². The molecule has 1 heterocycles. The summed E-state index contributed by atoms with van der Waals surface area (Å²) in [4.78, 5) is 2.46. The number of hydrogen-bond donors (Lipinski definition) is 1. The van der Waals surface area contributed by atoms with Gasteiger partial charge in [0.05, 0.1) is 6.10 Å². The maximum atomic E-state index is 10.1. The number of nitrogens with zero attached hydrogens (tertiary/aromatic N) is 1. The molecule has 94 valence electrons. The molecule has 1 aliphatic rings. The lowest BCUT2D eigenvalue weighted by atomic mass is 9.98. The second-order valence-corrected chi connectivity index (χ2v) is 5.02. The van der Waals surface area contributed by atoms with E-state index in [0.717, 1.165) is 18.5 Å². The third-order valence-corrected chi connectivity index (χ3v) is 3.79. The van der Waals surface area contributed by atoms with Crippen molar-refractivity contribution in [2.24, 2.45) is 0 Å². The summed E-state index contributed by atoms with van der Waals surface area (Å²) >= 11 is 0. The molecule has 2 heteroatoms. The van der Waals surface area contributed by atoms with Crippen LogP contribution < -0.4 is 4.90 Å². The second-order valence-electron chi connectivity index (χ2n) is 5.02. The van der Waals surface area contributed by atoms with Gasteiger partial charge in [0.25, 0.3) is 0 Å². The molecule has 0 spiro atoms. The molecule has 1 saturated heterocycles. The predicted molar refractivity (Wildman–Crippen MR) is 72.4 cm³/mol. The largest absolute Gasteiger partial charge is 0.388 e. The Morgan fingerprint density at radius 3 is 2.82 bits per heavy atom. The molecule has 1 aromatic rings. The molecule has 1 N–H and O–H groups in total. The van der Waals surface area contributed by atoms with Crippen LogP contribution in [-0.2, 0) is 0 Å². The van der Waals surface area contributed by atoms with Crippen LogP contribution in [0.1, 0.15) is 51.2 Å². The molecule has 0 bridgehead atoms. The SMILES string of the molecule is CC[C@@H](O)c1ccccc1N1CCCCC1C. The number of piperidine rings is 1. The Morgan fingerprint density at radius 1 is 1.35 bits per heavy atom. The van der Waals surface area contributed by atoms with E-state index in [0.29, 0.717) is 6.04 Å². The highest BCUT2D eigenvalue weighted by Gasteiger charge is 2.22. The first-order valence-corrected chi connectivity index (χ1v) is 6.77. The molecule has 1 aromatic carbocycles. The second kappa shape index (κ2) is 5.54. The Hall–Kier alpha value is -1.02. The number of para-hydroxylation sites is 1. The Morgan fingerprint density at radius 2 is 2.12 bits per heavy atom. The quantitative estimate of drug-likeness (QED) is 0.863. The van der Waals surface area contributed by atoms with Gasteiger partial charge in [-0.3, -0.25) is 0 Å². The topological polar surface area (TPSA) is 23.5 Å². The fourth-order valence-electron chi connectivity index (χ4n) is 2.71. The zero-order valence-electron chi connectivity index (χ0n) is 10.9. The average Bonchev–Trinajstić information content (AvgIpc) is 2.38. The van der Waals surface area contributed by atoms with Crippen molar-refractivity contribution in [3.05, 3.63) is 29.8 Å². The molecule has 0 aromatic heterocycles. The van der Waals surface area contributed by atoms with Crippen molar-refractivity contribution >= 4 is 5.69 Å². The summed E-state index contributed by atoms with van der Waals surface area (Å²) in [6.45, 7) is 5.43. The van der Waals surface area contributed by atoms with Crippen LogP contribution in [0.2, 0.25) is 0 Å². The molecule has 1 aliphatic heterocycles. The van der Waals surface area contributed by atoms with Gasteiger partial charge < -0.3 is 10.0 Å². The number of aliphatic hydroxyl groups excluding tert-OH is 1. The van der Waals surface area contributed by atoms with Gasteiger partial charge in [0.2, 0.25) is 0 Å². The lowest BCUT2D eigenvalue weighted by Gasteiger charge is -2.37. The lowest BCUT2D eigenvalue weighted by Crippen LogP contribution is -2.38. The summed E-state index contributed by atoms with van der Waals surface area (Å²) in [7, 11) is 0. The van der Waals surface area contributed by atoms with Crippen molar-refractivity contribution in [2.45, 2.75) is 51.7 Å². The van der Waals surface area contributed by atoms with Gasteiger partial charge >= 0.3 is 0 Å². The summed E-state index contributed by atoms with van der Waals surface area (Å²) in [6.07, 6.45) is 4.30. The Kier molecular flexibility index (Phi) is 4.06. The van der Waals surface area contributed by atoms with Crippen molar-refractivity contribution in [3.8, 4) is 0 Å². The number of aliphatic hydroxyl groups is 1. The van der Waals surface area contributed by atoms with E-state index in [2.05, 4.69) is 30.0 Å². The Labute approximate surface area is 104 Å². The van der Waals surface area contributed by atoms with E-state index in [4.69, 9.17) is 0 Å². The molecule has 1 fully saturated rings. The van der Waals surface area contributed by atoms with Crippen LogP contribution in [-0.4, -0.2) is 17.7 Å². The fourth-order valence-corrected chi connectivity index (χ4v) is 2.71. The number of hydrogen-bond acceptors (Lipinski definition) is 2. The molecule has 2 nitrogen and oxygen atoms in total. The molecule has 0 radical (unpaired) electrons. The predicted octanol–water partition coefficient (Wildman–Crippen LogP) is 3.51. The molecular weight excluding hydrogens is 210 g/mol. The van der Waals surface area contributed by atoms with Gasteiger partial charge in [-0.25, -0.2) is 0 Å². The summed E-state index contributed by atoms with van der Waals surface area (Å²) in [6, 6.07) is 8.89. The van der Waals surface area contributed by atoms with Gasteiger partial charge in [-0.15, -0.1) is 0 Å². The van der Waals surface area contributed by atoms with Crippen LogP contribution >= 0.6 is 0 Å². The number of rotatable bonds is 3. The van der Waals surface area contributed by atoms with Crippen molar-refractivity contribution in [3.63, 3.8) is 0 Å². The van der Waals surface area contributed by atoms with Gasteiger partial charge in [-0.05, 0) is 38.7 Å². The van der Waals surface area contributed by atoms with E-state index in [-0.39, 0.29) is 6.10 Å². The van der Waals surface area contributed by atoms with Crippen molar-refractivity contribution < 1.29 is 5.11 Å². The highest BCUT2D eigenvalue weighted by molar-refractivity contribution is 5.55. The van der Waals surface area contributed by atoms with Crippen LogP contribution in [0.25, 0.3) is 0 Å². The van der Waals surface area contributed by atoms with Gasteiger partial charge in [-0.2, -0.15) is 0 Å². The first kappa shape index (κ1) is 12.4. The maximum Gasteiger partial charge on any atom is 0.0807 e. The summed E-state index contributed by atoms with van der Waals surface area (Å²) in [5.74, 6) is 0. The van der Waals surface area contributed by atoms with Crippen LogP contribution in [0.5, 0.6) is 0 Å². The lowest BCUT2D eigenvalue weighted by molar-refractivity contribution is 0.174. The average molecular weight is 233 g/mol. The van der Waals surface area contributed by atoms with Crippen molar-refractivity contribution in [1.82, 2.24) is 0 Å².